The lowest BCUT2D eigenvalue weighted by Crippen LogP contribution is -2.28. The lowest BCUT2D eigenvalue weighted by molar-refractivity contribution is 0.549. The molecule has 3 rings (SSSR count). The summed E-state index contributed by atoms with van der Waals surface area (Å²) < 4.78 is 1.97. The second-order valence-corrected chi connectivity index (χ2v) is 5.68. The molecule has 2 aromatic rings. The van der Waals surface area contributed by atoms with Gasteiger partial charge in [0.15, 0.2) is 0 Å². The van der Waals surface area contributed by atoms with E-state index in [0.29, 0.717) is 6.04 Å². The van der Waals surface area contributed by atoms with E-state index in [2.05, 4.69) is 34.7 Å². The van der Waals surface area contributed by atoms with Crippen LogP contribution in [0.1, 0.15) is 12.1 Å². The van der Waals surface area contributed by atoms with E-state index in [-0.39, 0.29) is 0 Å². The van der Waals surface area contributed by atoms with Crippen LogP contribution < -0.4 is 5.32 Å². The molecule has 1 aromatic heterocycles. The number of para-hydroxylation sites is 1. The van der Waals surface area contributed by atoms with Gasteiger partial charge in [-0.1, -0.05) is 18.2 Å². The fourth-order valence-corrected chi connectivity index (χ4v) is 3.54. The number of nitrogens with one attached hydrogen (secondary N) is 1. The van der Waals surface area contributed by atoms with E-state index >= 15 is 0 Å². The van der Waals surface area contributed by atoms with Crippen molar-refractivity contribution in [3.63, 3.8) is 0 Å². The predicted molar refractivity (Wildman–Crippen MR) is 73.3 cm³/mol. The zero-order valence-electron chi connectivity index (χ0n) is 10.0. The third-order valence-corrected chi connectivity index (χ3v) is 4.48. The summed E-state index contributed by atoms with van der Waals surface area (Å²) in [7, 11) is 2.01. The van der Waals surface area contributed by atoms with Gasteiger partial charge in [0, 0.05) is 30.8 Å². The average Bonchev–Trinajstić information content (AvgIpc) is 2.96. The normalized spacial score (nSPS) is 20.2. The van der Waals surface area contributed by atoms with Crippen LogP contribution >= 0.6 is 11.8 Å². The Balaban J connectivity index is 1.80. The van der Waals surface area contributed by atoms with Crippen LogP contribution in [0.2, 0.25) is 0 Å². The molecule has 90 valence electrons. The lowest BCUT2D eigenvalue weighted by atomic mass is 10.2. The third kappa shape index (κ3) is 2.19. The van der Waals surface area contributed by atoms with Gasteiger partial charge in [-0.15, -0.1) is 0 Å². The van der Waals surface area contributed by atoms with Crippen molar-refractivity contribution in [1.82, 2.24) is 15.1 Å². The summed E-state index contributed by atoms with van der Waals surface area (Å²) in [4.78, 5) is 0. The van der Waals surface area contributed by atoms with E-state index < -0.39 is 0 Å². The molecular formula is C13H17N3S. The van der Waals surface area contributed by atoms with Crippen molar-refractivity contribution in [3.05, 3.63) is 30.0 Å². The Morgan fingerprint density at radius 1 is 1.47 bits per heavy atom. The summed E-state index contributed by atoms with van der Waals surface area (Å²) in [6.45, 7) is 0.882. The van der Waals surface area contributed by atoms with Crippen molar-refractivity contribution in [1.29, 1.82) is 0 Å². The number of hydrogen-bond donors (Lipinski definition) is 1. The highest BCUT2D eigenvalue weighted by atomic mass is 32.2. The number of benzene rings is 1. The molecule has 4 heteroatoms. The molecule has 1 aliphatic rings. The second-order valence-electron chi connectivity index (χ2n) is 4.53. The highest BCUT2D eigenvalue weighted by Crippen LogP contribution is 2.20. The Morgan fingerprint density at radius 2 is 2.35 bits per heavy atom. The van der Waals surface area contributed by atoms with Crippen LogP contribution in [-0.2, 0) is 13.6 Å². The monoisotopic (exact) mass is 247 g/mol. The molecule has 1 aromatic carbocycles. The van der Waals surface area contributed by atoms with Crippen molar-refractivity contribution in [2.24, 2.45) is 7.05 Å². The van der Waals surface area contributed by atoms with E-state index in [4.69, 9.17) is 0 Å². The molecule has 17 heavy (non-hydrogen) atoms. The summed E-state index contributed by atoms with van der Waals surface area (Å²) in [6.07, 6.45) is 1.29. The minimum absolute atomic E-state index is 0.667. The zero-order valence-corrected chi connectivity index (χ0v) is 10.8. The van der Waals surface area contributed by atoms with E-state index in [1.165, 1.54) is 34.5 Å². The van der Waals surface area contributed by atoms with Gasteiger partial charge in [0.2, 0.25) is 0 Å². The van der Waals surface area contributed by atoms with Crippen molar-refractivity contribution in [3.8, 4) is 0 Å². The van der Waals surface area contributed by atoms with Crippen LogP contribution in [0.5, 0.6) is 0 Å². The topological polar surface area (TPSA) is 29.9 Å². The Kier molecular flexibility index (Phi) is 3.07. The van der Waals surface area contributed by atoms with Gasteiger partial charge in [0.25, 0.3) is 0 Å². The quantitative estimate of drug-likeness (QED) is 0.901. The first kappa shape index (κ1) is 11.1. The Morgan fingerprint density at radius 3 is 3.18 bits per heavy atom. The molecule has 1 fully saturated rings. The van der Waals surface area contributed by atoms with Crippen LogP contribution in [0.3, 0.4) is 0 Å². The number of rotatable bonds is 3. The van der Waals surface area contributed by atoms with Gasteiger partial charge in [-0.05, 0) is 18.2 Å². The number of aryl methyl sites for hydroxylation is 1. The molecule has 0 spiro atoms. The fraction of sp³-hybridized carbons (Fsp3) is 0.462. The number of nitrogens with zero attached hydrogens (tertiary/aromatic N) is 2. The molecular weight excluding hydrogens is 230 g/mol. The Labute approximate surface area is 106 Å². The SMILES string of the molecule is Cn1nc(CNC2CCSC2)c2ccccc21. The molecule has 1 saturated heterocycles. The van der Waals surface area contributed by atoms with E-state index in [1.807, 2.05) is 23.5 Å². The first-order valence-electron chi connectivity index (χ1n) is 6.06. The van der Waals surface area contributed by atoms with Crippen molar-refractivity contribution in [2.45, 2.75) is 19.0 Å². The number of hydrogen-bond acceptors (Lipinski definition) is 3. The molecule has 3 nitrogen and oxygen atoms in total. The van der Waals surface area contributed by atoms with Gasteiger partial charge in [0.05, 0.1) is 11.2 Å². The minimum atomic E-state index is 0.667. The maximum Gasteiger partial charge on any atom is 0.0841 e. The van der Waals surface area contributed by atoms with E-state index in [1.54, 1.807) is 0 Å². The average molecular weight is 247 g/mol. The summed E-state index contributed by atoms with van der Waals surface area (Å²) >= 11 is 2.04. The van der Waals surface area contributed by atoms with Gasteiger partial charge in [-0.3, -0.25) is 4.68 Å². The number of fused-ring (bicyclic) bond motifs is 1. The largest absolute Gasteiger partial charge is 0.307 e. The second kappa shape index (κ2) is 4.70. The summed E-state index contributed by atoms with van der Waals surface area (Å²) in [5.41, 5.74) is 2.38. The van der Waals surface area contributed by atoms with Gasteiger partial charge in [0.1, 0.15) is 0 Å². The minimum Gasteiger partial charge on any atom is -0.307 e. The van der Waals surface area contributed by atoms with Gasteiger partial charge >= 0.3 is 0 Å². The maximum absolute atomic E-state index is 4.60. The first-order valence-corrected chi connectivity index (χ1v) is 7.22. The molecule has 0 radical (unpaired) electrons. The summed E-state index contributed by atoms with van der Waals surface area (Å²) in [5.74, 6) is 2.53. The molecule has 1 unspecified atom stereocenters. The predicted octanol–water partition coefficient (Wildman–Crippen LogP) is 2.17. The van der Waals surface area contributed by atoms with Crippen molar-refractivity contribution in [2.75, 3.05) is 11.5 Å². The lowest BCUT2D eigenvalue weighted by Gasteiger charge is -2.09. The molecule has 1 atom stereocenters. The van der Waals surface area contributed by atoms with E-state index in [0.717, 1.165) is 6.54 Å². The van der Waals surface area contributed by atoms with Crippen LogP contribution in [0, 0.1) is 0 Å². The molecule has 1 N–H and O–H groups in total. The number of aromatic nitrogens is 2. The fourth-order valence-electron chi connectivity index (χ4n) is 2.36. The maximum atomic E-state index is 4.60. The van der Waals surface area contributed by atoms with Crippen LogP contribution in [0.25, 0.3) is 10.9 Å². The van der Waals surface area contributed by atoms with Crippen molar-refractivity contribution < 1.29 is 0 Å². The van der Waals surface area contributed by atoms with Gasteiger partial charge in [-0.25, -0.2) is 0 Å². The molecule has 0 bridgehead atoms. The smallest absolute Gasteiger partial charge is 0.0841 e. The van der Waals surface area contributed by atoms with Crippen LogP contribution in [0.15, 0.2) is 24.3 Å². The standard InChI is InChI=1S/C13H17N3S/c1-16-13-5-3-2-4-11(13)12(15-16)8-14-10-6-7-17-9-10/h2-5,10,14H,6-9H2,1H3. The zero-order chi connectivity index (χ0) is 11.7. The van der Waals surface area contributed by atoms with E-state index in [9.17, 15) is 0 Å². The molecule has 1 aliphatic heterocycles. The van der Waals surface area contributed by atoms with Crippen molar-refractivity contribution >= 4 is 22.7 Å². The Hall–Kier alpha value is -1.00. The van der Waals surface area contributed by atoms with Crippen LogP contribution in [0.4, 0.5) is 0 Å². The summed E-state index contributed by atoms with van der Waals surface area (Å²) in [5, 5.41) is 9.48. The Bertz CT molecular complexity index is 514. The summed E-state index contributed by atoms with van der Waals surface area (Å²) in [6, 6.07) is 9.09. The highest BCUT2D eigenvalue weighted by molar-refractivity contribution is 7.99. The third-order valence-electron chi connectivity index (χ3n) is 3.32. The molecule has 0 aliphatic carbocycles. The highest BCUT2D eigenvalue weighted by Gasteiger charge is 2.16. The molecule has 0 saturated carbocycles. The number of thioether (sulfide) groups is 1. The van der Waals surface area contributed by atoms with Gasteiger partial charge < -0.3 is 5.32 Å². The first-order chi connectivity index (χ1) is 8.34. The molecule has 2 heterocycles. The molecule has 0 amide bonds. The van der Waals surface area contributed by atoms with Crippen LogP contribution in [-0.4, -0.2) is 27.3 Å². The van der Waals surface area contributed by atoms with Gasteiger partial charge in [-0.2, -0.15) is 16.9 Å².